The quantitative estimate of drug-likeness (QED) is 0.435. The van der Waals surface area contributed by atoms with E-state index in [4.69, 9.17) is 0 Å². The van der Waals surface area contributed by atoms with Crippen molar-refractivity contribution in [3.63, 3.8) is 0 Å². The third-order valence-electron chi connectivity index (χ3n) is 3.02. The van der Waals surface area contributed by atoms with E-state index in [9.17, 15) is 0 Å². The second kappa shape index (κ2) is 11.6. The standard InChI is InChI=1S/C17H26Se/c1-2-3-4-5-6-7-8-9-13-16-18-17-14-11-10-12-15-17/h10-16H,2-9H2,1H3/b16-13-. The van der Waals surface area contributed by atoms with Gasteiger partial charge in [0.05, 0.1) is 0 Å². The fourth-order valence-electron chi connectivity index (χ4n) is 1.91. The van der Waals surface area contributed by atoms with E-state index in [0.717, 1.165) is 0 Å². The van der Waals surface area contributed by atoms with Crippen LogP contribution in [0.25, 0.3) is 0 Å². The van der Waals surface area contributed by atoms with Gasteiger partial charge >= 0.3 is 119 Å². The molecule has 0 spiro atoms. The van der Waals surface area contributed by atoms with Crippen molar-refractivity contribution in [3.05, 3.63) is 41.4 Å². The Morgan fingerprint density at radius 1 is 0.889 bits per heavy atom. The van der Waals surface area contributed by atoms with Crippen LogP contribution in [0, 0.1) is 0 Å². The normalized spacial score (nSPS) is 11.2. The molecule has 0 aliphatic carbocycles. The molecule has 0 radical (unpaired) electrons. The summed E-state index contributed by atoms with van der Waals surface area (Å²) >= 11 is 0.530. The Morgan fingerprint density at radius 3 is 2.28 bits per heavy atom. The molecule has 0 atom stereocenters. The summed E-state index contributed by atoms with van der Waals surface area (Å²) in [7, 11) is 0. The molecule has 18 heavy (non-hydrogen) atoms. The first-order valence-electron chi connectivity index (χ1n) is 7.30. The summed E-state index contributed by atoms with van der Waals surface area (Å²) in [6, 6.07) is 10.8. The second-order valence-corrected chi connectivity index (χ2v) is 6.77. The summed E-state index contributed by atoms with van der Waals surface area (Å²) in [5.41, 5.74) is 0. The van der Waals surface area contributed by atoms with Gasteiger partial charge in [-0.05, 0) is 0 Å². The zero-order valence-electron chi connectivity index (χ0n) is 11.6. The average Bonchev–Trinajstić information content (AvgIpc) is 2.42. The van der Waals surface area contributed by atoms with Crippen LogP contribution in [0.3, 0.4) is 0 Å². The molecule has 0 bridgehead atoms. The SMILES string of the molecule is CCCCCCCCC/C=C\[Se]c1ccccc1. The molecular weight excluding hydrogens is 283 g/mol. The molecule has 0 N–H and O–H groups in total. The van der Waals surface area contributed by atoms with Crippen LogP contribution in [-0.4, -0.2) is 15.0 Å². The van der Waals surface area contributed by atoms with Crippen LogP contribution in [0.4, 0.5) is 0 Å². The minimum atomic E-state index is 0.530. The van der Waals surface area contributed by atoms with E-state index >= 15 is 0 Å². The van der Waals surface area contributed by atoms with E-state index in [-0.39, 0.29) is 0 Å². The summed E-state index contributed by atoms with van der Waals surface area (Å²) < 4.78 is 1.47. The summed E-state index contributed by atoms with van der Waals surface area (Å²) in [5.74, 6) is 0. The zero-order chi connectivity index (χ0) is 12.9. The van der Waals surface area contributed by atoms with Gasteiger partial charge in [0.25, 0.3) is 0 Å². The summed E-state index contributed by atoms with van der Waals surface area (Å²) in [4.78, 5) is 2.37. The van der Waals surface area contributed by atoms with E-state index in [1.807, 2.05) is 0 Å². The van der Waals surface area contributed by atoms with Crippen molar-refractivity contribution in [3.8, 4) is 0 Å². The van der Waals surface area contributed by atoms with Gasteiger partial charge in [-0.25, -0.2) is 0 Å². The van der Waals surface area contributed by atoms with Gasteiger partial charge in [-0.2, -0.15) is 0 Å². The van der Waals surface area contributed by atoms with Crippen molar-refractivity contribution in [1.29, 1.82) is 0 Å². The number of hydrogen-bond acceptors (Lipinski definition) is 0. The maximum atomic E-state index is 2.37. The van der Waals surface area contributed by atoms with E-state index in [1.165, 1.54) is 55.8 Å². The predicted octanol–water partition coefficient (Wildman–Crippen LogP) is 4.67. The Balaban J connectivity index is 1.91. The molecule has 0 unspecified atom stereocenters. The molecule has 1 rings (SSSR count). The van der Waals surface area contributed by atoms with Crippen LogP contribution in [0.2, 0.25) is 0 Å². The van der Waals surface area contributed by atoms with Crippen molar-refractivity contribution in [2.75, 3.05) is 0 Å². The fraction of sp³-hybridized carbons (Fsp3) is 0.529. The van der Waals surface area contributed by atoms with Crippen molar-refractivity contribution < 1.29 is 0 Å². The molecular formula is C17H26Se. The monoisotopic (exact) mass is 310 g/mol. The van der Waals surface area contributed by atoms with Crippen LogP contribution in [-0.2, 0) is 0 Å². The number of hydrogen-bond donors (Lipinski definition) is 0. The number of unbranched alkanes of at least 4 members (excludes halogenated alkanes) is 7. The Kier molecular flexibility index (Phi) is 9.98. The maximum absolute atomic E-state index is 2.37. The Bertz CT molecular complexity index is 303. The third-order valence-corrected chi connectivity index (χ3v) is 4.85. The number of benzene rings is 1. The van der Waals surface area contributed by atoms with Gasteiger partial charge in [-0.1, -0.05) is 0 Å². The second-order valence-electron chi connectivity index (χ2n) is 4.71. The molecule has 0 heterocycles. The molecule has 0 aromatic heterocycles. The van der Waals surface area contributed by atoms with Gasteiger partial charge in [-0.3, -0.25) is 0 Å². The van der Waals surface area contributed by atoms with E-state index < -0.39 is 0 Å². The zero-order valence-corrected chi connectivity index (χ0v) is 13.3. The van der Waals surface area contributed by atoms with Crippen LogP contribution in [0.5, 0.6) is 0 Å². The van der Waals surface area contributed by atoms with Crippen LogP contribution in [0.15, 0.2) is 41.4 Å². The summed E-state index contributed by atoms with van der Waals surface area (Å²) in [6.07, 6.45) is 13.5. The van der Waals surface area contributed by atoms with Gasteiger partial charge in [0.1, 0.15) is 0 Å². The van der Waals surface area contributed by atoms with Crippen molar-refractivity contribution in [2.45, 2.75) is 58.3 Å². The number of allylic oxidation sites excluding steroid dienone is 1. The Hall–Kier alpha value is -0.521. The summed E-state index contributed by atoms with van der Waals surface area (Å²) in [5, 5.41) is 0. The molecule has 0 amide bonds. The molecule has 0 saturated carbocycles. The first-order valence-corrected chi connectivity index (χ1v) is 9.14. The van der Waals surface area contributed by atoms with Gasteiger partial charge in [-0.15, -0.1) is 0 Å². The molecule has 0 aliphatic rings. The van der Waals surface area contributed by atoms with Crippen molar-refractivity contribution >= 4 is 19.4 Å². The minimum absolute atomic E-state index is 0.530. The molecule has 1 aromatic carbocycles. The van der Waals surface area contributed by atoms with Crippen LogP contribution >= 0.6 is 0 Å². The van der Waals surface area contributed by atoms with Gasteiger partial charge in [0.15, 0.2) is 0 Å². The molecule has 0 nitrogen and oxygen atoms in total. The first kappa shape index (κ1) is 15.5. The molecule has 0 saturated heterocycles. The van der Waals surface area contributed by atoms with E-state index in [2.05, 4.69) is 48.3 Å². The molecule has 1 aromatic rings. The van der Waals surface area contributed by atoms with Gasteiger partial charge in [0, 0.05) is 0 Å². The third kappa shape index (κ3) is 8.55. The van der Waals surface area contributed by atoms with E-state index in [0.29, 0.717) is 15.0 Å². The first-order chi connectivity index (χ1) is 8.93. The van der Waals surface area contributed by atoms with Crippen LogP contribution < -0.4 is 4.46 Å². The van der Waals surface area contributed by atoms with Crippen molar-refractivity contribution in [1.82, 2.24) is 0 Å². The Morgan fingerprint density at radius 2 is 1.56 bits per heavy atom. The van der Waals surface area contributed by atoms with Gasteiger partial charge in [0.2, 0.25) is 0 Å². The summed E-state index contributed by atoms with van der Waals surface area (Å²) in [6.45, 7) is 2.28. The number of rotatable bonds is 10. The predicted molar refractivity (Wildman–Crippen MR) is 83.6 cm³/mol. The van der Waals surface area contributed by atoms with Crippen molar-refractivity contribution in [2.24, 2.45) is 0 Å². The fourth-order valence-corrected chi connectivity index (χ4v) is 3.39. The molecule has 0 fully saturated rings. The average molecular weight is 309 g/mol. The Labute approximate surface area is 119 Å². The molecule has 100 valence electrons. The molecule has 0 aliphatic heterocycles. The van der Waals surface area contributed by atoms with E-state index in [1.54, 1.807) is 0 Å². The van der Waals surface area contributed by atoms with Crippen LogP contribution in [0.1, 0.15) is 58.3 Å². The molecule has 1 heteroatoms. The van der Waals surface area contributed by atoms with Gasteiger partial charge < -0.3 is 0 Å². The topological polar surface area (TPSA) is 0 Å².